The normalized spacial score (nSPS) is 26.0. The molecule has 1 aliphatic rings. The molecule has 21 heavy (non-hydrogen) atoms. The molecule has 1 N–H and O–H groups in total. The van der Waals surface area contributed by atoms with E-state index in [1.165, 1.54) is 25.7 Å². The summed E-state index contributed by atoms with van der Waals surface area (Å²) in [6, 6.07) is 7.97. The summed E-state index contributed by atoms with van der Waals surface area (Å²) in [5.41, 5.74) is 1.07. The molecule has 2 nitrogen and oxygen atoms in total. The Morgan fingerprint density at radius 1 is 1.29 bits per heavy atom. The molecule has 0 saturated heterocycles. The molecule has 1 aromatic carbocycles. The van der Waals surface area contributed by atoms with Crippen molar-refractivity contribution in [1.82, 2.24) is 5.32 Å². The Balaban J connectivity index is 1.95. The number of hydrogen-bond acceptors (Lipinski definition) is 2. The van der Waals surface area contributed by atoms with E-state index in [-0.39, 0.29) is 5.60 Å². The monoisotopic (exact) mass is 309 g/mol. The summed E-state index contributed by atoms with van der Waals surface area (Å²) in [4.78, 5) is 0. The molecular weight excluding hydrogens is 282 g/mol. The van der Waals surface area contributed by atoms with Gasteiger partial charge in [0.25, 0.3) is 0 Å². The lowest BCUT2D eigenvalue weighted by Gasteiger charge is -2.40. The van der Waals surface area contributed by atoms with Gasteiger partial charge in [-0.3, -0.25) is 0 Å². The van der Waals surface area contributed by atoms with Gasteiger partial charge < -0.3 is 10.1 Å². The minimum atomic E-state index is -0.0157. The quantitative estimate of drug-likeness (QED) is 0.780. The molecule has 0 amide bonds. The maximum Gasteiger partial charge on any atom is 0.0810 e. The summed E-state index contributed by atoms with van der Waals surface area (Å²) in [7, 11) is 2.01. The topological polar surface area (TPSA) is 21.3 Å². The van der Waals surface area contributed by atoms with Crippen molar-refractivity contribution in [3.8, 4) is 0 Å². The summed E-state index contributed by atoms with van der Waals surface area (Å²) in [5, 5.41) is 4.12. The number of likely N-dealkylation sites (N-methyl/N-ethyl adjacent to an activating group) is 1. The minimum absolute atomic E-state index is 0.0157. The van der Waals surface area contributed by atoms with E-state index >= 15 is 0 Å². The molecule has 1 fully saturated rings. The second kappa shape index (κ2) is 8.17. The van der Waals surface area contributed by atoms with Gasteiger partial charge in [-0.05, 0) is 50.3 Å². The predicted molar refractivity (Wildman–Crippen MR) is 89.8 cm³/mol. The van der Waals surface area contributed by atoms with Gasteiger partial charge >= 0.3 is 0 Å². The van der Waals surface area contributed by atoms with Crippen LogP contribution in [0.25, 0.3) is 0 Å². The van der Waals surface area contributed by atoms with Crippen molar-refractivity contribution in [2.75, 3.05) is 13.6 Å². The molecule has 0 aromatic heterocycles. The molecule has 0 unspecified atom stereocenters. The van der Waals surface area contributed by atoms with Crippen molar-refractivity contribution in [3.63, 3.8) is 0 Å². The summed E-state index contributed by atoms with van der Waals surface area (Å²) in [6.07, 6.45) is 7.55. The predicted octanol–water partition coefficient (Wildman–Crippen LogP) is 4.81. The first-order valence-corrected chi connectivity index (χ1v) is 8.59. The maximum absolute atomic E-state index is 6.36. The van der Waals surface area contributed by atoms with Crippen LogP contribution in [0.15, 0.2) is 24.3 Å². The zero-order chi connectivity index (χ0) is 15.1. The van der Waals surface area contributed by atoms with Crippen LogP contribution in [0.2, 0.25) is 5.02 Å². The summed E-state index contributed by atoms with van der Waals surface area (Å²) in [6.45, 7) is 3.82. The van der Waals surface area contributed by atoms with Crippen LogP contribution in [-0.4, -0.2) is 19.2 Å². The van der Waals surface area contributed by atoms with E-state index in [9.17, 15) is 0 Å². The van der Waals surface area contributed by atoms with Gasteiger partial charge in [0.1, 0.15) is 0 Å². The largest absolute Gasteiger partial charge is 0.369 e. The fourth-order valence-electron chi connectivity index (χ4n) is 3.44. The van der Waals surface area contributed by atoms with Gasteiger partial charge in [-0.25, -0.2) is 0 Å². The van der Waals surface area contributed by atoms with Crippen LogP contribution in [0.3, 0.4) is 0 Å². The molecule has 1 aromatic rings. The number of rotatable bonds is 7. The average Bonchev–Trinajstić information content (AvgIpc) is 2.50. The van der Waals surface area contributed by atoms with Crippen molar-refractivity contribution in [2.45, 2.75) is 57.7 Å². The number of halogens is 1. The fourth-order valence-corrected chi connectivity index (χ4v) is 3.63. The van der Waals surface area contributed by atoms with E-state index < -0.39 is 0 Å². The Labute approximate surface area is 134 Å². The van der Waals surface area contributed by atoms with Crippen LogP contribution < -0.4 is 5.32 Å². The highest BCUT2D eigenvalue weighted by Crippen LogP contribution is 2.37. The third kappa shape index (κ3) is 4.70. The zero-order valence-corrected chi connectivity index (χ0v) is 14.1. The Kier molecular flexibility index (Phi) is 6.53. The summed E-state index contributed by atoms with van der Waals surface area (Å²) < 4.78 is 6.36. The van der Waals surface area contributed by atoms with Crippen LogP contribution in [-0.2, 0) is 11.3 Å². The van der Waals surface area contributed by atoms with Gasteiger partial charge in [0, 0.05) is 11.6 Å². The second-order valence-electron chi connectivity index (χ2n) is 6.33. The number of nitrogens with one attached hydrogen (secondary N) is 1. The molecule has 0 spiro atoms. The van der Waals surface area contributed by atoms with Crippen LogP contribution >= 0.6 is 11.6 Å². The Hall–Kier alpha value is -0.570. The lowest BCUT2D eigenvalue weighted by molar-refractivity contribution is -0.0856. The third-order valence-electron chi connectivity index (χ3n) is 4.70. The van der Waals surface area contributed by atoms with Crippen molar-refractivity contribution in [1.29, 1.82) is 0 Å². The van der Waals surface area contributed by atoms with Crippen LogP contribution in [0, 0.1) is 5.92 Å². The highest BCUT2D eigenvalue weighted by molar-refractivity contribution is 6.31. The number of benzene rings is 1. The van der Waals surface area contributed by atoms with Crippen molar-refractivity contribution >= 4 is 11.6 Å². The molecule has 1 aliphatic carbocycles. The smallest absolute Gasteiger partial charge is 0.0810 e. The van der Waals surface area contributed by atoms with E-state index in [0.29, 0.717) is 6.61 Å². The molecule has 0 atom stereocenters. The van der Waals surface area contributed by atoms with Crippen LogP contribution in [0.5, 0.6) is 0 Å². The highest BCUT2D eigenvalue weighted by atomic mass is 35.5. The molecule has 0 heterocycles. The SMILES string of the molecule is CCCC1CCC(CNC)(OCc2ccccc2Cl)CC1. The lowest BCUT2D eigenvalue weighted by Crippen LogP contribution is -2.45. The maximum atomic E-state index is 6.36. The molecule has 2 rings (SSSR count). The molecule has 0 aliphatic heterocycles. The molecule has 0 bridgehead atoms. The van der Waals surface area contributed by atoms with Gasteiger partial charge in [-0.2, -0.15) is 0 Å². The van der Waals surface area contributed by atoms with Crippen LogP contribution in [0.4, 0.5) is 0 Å². The van der Waals surface area contributed by atoms with E-state index in [4.69, 9.17) is 16.3 Å². The van der Waals surface area contributed by atoms with Crippen molar-refractivity contribution in [3.05, 3.63) is 34.9 Å². The number of hydrogen-bond donors (Lipinski definition) is 1. The van der Waals surface area contributed by atoms with Gasteiger partial charge in [-0.1, -0.05) is 49.6 Å². The molecular formula is C18H28ClNO. The van der Waals surface area contributed by atoms with E-state index in [2.05, 4.69) is 18.3 Å². The fraction of sp³-hybridized carbons (Fsp3) is 0.667. The minimum Gasteiger partial charge on any atom is -0.369 e. The Morgan fingerprint density at radius 2 is 2.00 bits per heavy atom. The molecule has 1 saturated carbocycles. The van der Waals surface area contributed by atoms with Gasteiger partial charge in [0.05, 0.1) is 12.2 Å². The standard InChI is InChI=1S/C18H28ClNO/c1-3-6-15-9-11-18(12-10-15,14-20-2)21-13-16-7-4-5-8-17(16)19/h4-5,7-8,15,20H,3,6,9-14H2,1-2H3. The third-order valence-corrected chi connectivity index (χ3v) is 5.07. The first-order valence-electron chi connectivity index (χ1n) is 8.21. The molecule has 3 heteroatoms. The van der Waals surface area contributed by atoms with Crippen molar-refractivity contribution in [2.24, 2.45) is 5.92 Å². The summed E-state index contributed by atoms with van der Waals surface area (Å²) >= 11 is 6.23. The van der Waals surface area contributed by atoms with E-state index in [1.54, 1.807) is 0 Å². The second-order valence-corrected chi connectivity index (χ2v) is 6.73. The Bertz CT molecular complexity index is 427. The van der Waals surface area contributed by atoms with E-state index in [1.807, 2.05) is 25.2 Å². The first kappa shape index (κ1) is 16.8. The first-order chi connectivity index (χ1) is 10.2. The lowest BCUT2D eigenvalue weighted by atomic mass is 9.77. The van der Waals surface area contributed by atoms with Crippen LogP contribution in [0.1, 0.15) is 51.0 Å². The number of ether oxygens (including phenoxy) is 1. The zero-order valence-electron chi connectivity index (χ0n) is 13.3. The van der Waals surface area contributed by atoms with Gasteiger partial charge in [-0.15, -0.1) is 0 Å². The Morgan fingerprint density at radius 3 is 2.62 bits per heavy atom. The summed E-state index contributed by atoms with van der Waals surface area (Å²) in [5.74, 6) is 0.892. The van der Waals surface area contributed by atoms with Gasteiger partial charge in [0.2, 0.25) is 0 Å². The van der Waals surface area contributed by atoms with Crippen molar-refractivity contribution < 1.29 is 4.74 Å². The average molecular weight is 310 g/mol. The van der Waals surface area contributed by atoms with Gasteiger partial charge in [0.15, 0.2) is 0 Å². The molecule has 0 radical (unpaired) electrons. The van der Waals surface area contributed by atoms with E-state index in [0.717, 1.165) is 35.9 Å². The highest BCUT2D eigenvalue weighted by Gasteiger charge is 2.35. The molecule has 118 valence electrons.